The van der Waals surface area contributed by atoms with Gasteiger partial charge in [-0.3, -0.25) is 9.69 Å². The zero-order chi connectivity index (χ0) is 16.5. The molecule has 1 fully saturated rings. The molecule has 2 aliphatic heterocycles. The number of benzene rings is 1. The molecule has 0 unspecified atom stereocenters. The largest absolute Gasteiger partial charge is 0.486 e. The van der Waals surface area contributed by atoms with E-state index in [1.54, 1.807) is 17.7 Å². The quantitative estimate of drug-likeness (QED) is 0.869. The molecule has 1 saturated heterocycles. The molecule has 0 saturated carbocycles. The lowest BCUT2D eigenvalue weighted by molar-refractivity contribution is 0.170. The zero-order valence-corrected chi connectivity index (χ0v) is 13.9. The van der Waals surface area contributed by atoms with Gasteiger partial charge in [0.25, 0.3) is 5.56 Å². The molecule has 0 N–H and O–H groups in total. The first-order valence-electron chi connectivity index (χ1n) is 8.50. The third-order valence-electron chi connectivity index (χ3n) is 4.87. The minimum atomic E-state index is 0.0441. The van der Waals surface area contributed by atoms with Gasteiger partial charge in [-0.25, -0.2) is 0 Å². The number of ether oxygens (including phenoxy) is 2. The van der Waals surface area contributed by atoms with Crippen molar-refractivity contribution in [2.45, 2.75) is 25.4 Å². The van der Waals surface area contributed by atoms with E-state index in [9.17, 15) is 4.79 Å². The fourth-order valence-corrected chi connectivity index (χ4v) is 3.58. The Bertz CT molecular complexity index is 799. The SMILES string of the molecule is Cn1ccc(CN2CCC[C@@H]2c2ccc3c(c2)OCCO3)cc1=O. The molecule has 5 nitrogen and oxygen atoms in total. The maximum atomic E-state index is 11.8. The standard InChI is InChI=1S/C19H22N2O3/c1-20-8-6-14(11-19(20)22)13-21-7-2-3-16(21)15-4-5-17-18(12-15)24-10-9-23-17/h4-6,8,11-12,16H,2-3,7,9-10,13H2,1H3/t16-/m1/s1. The van der Waals surface area contributed by atoms with Crippen LogP contribution in [0.5, 0.6) is 11.5 Å². The molecule has 126 valence electrons. The number of hydrogen-bond donors (Lipinski definition) is 0. The molecule has 24 heavy (non-hydrogen) atoms. The van der Waals surface area contributed by atoms with Gasteiger partial charge in [-0.2, -0.15) is 0 Å². The summed E-state index contributed by atoms with van der Waals surface area (Å²) in [6, 6.07) is 10.4. The summed E-state index contributed by atoms with van der Waals surface area (Å²) in [6.45, 7) is 3.08. The normalized spacial score (nSPS) is 20.3. The molecule has 1 aromatic carbocycles. The molecule has 1 aromatic heterocycles. The van der Waals surface area contributed by atoms with Gasteiger partial charge < -0.3 is 14.0 Å². The zero-order valence-electron chi connectivity index (χ0n) is 13.9. The number of pyridine rings is 1. The van der Waals surface area contributed by atoms with E-state index in [2.05, 4.69) is 17.0 Å². The molecule has 4 rings (SSSR count). The third kappa shape index (κ3) is 2.91. The summed E-state index contributed by atoms with van der Waals surface area (Å²) in [5.74, 6) is 1.68. The minimum Gasteiger partial charge on any atom is -0.486 e. The van der Waals surface area contributed by atoms with Crippen LogP contribution in [0.3, 0.4) is 0 Å². The number of hydrogen-bond acceptors (Lipinski definition) is 4. The molecular weight excluding hydrogens is 304 g/mol. The van der Waals surface area contributed by atoms with Gasteiger partial charge in [0, 0.05) is 31.9 Å². The topological polar surface area (TPSA) is 43.7 Å². The molecule has 1 atom stereocenters. The molecule has 2 aromatic rings. The predicted octanol–water partition coefficient (Wildman–Crippen LogP) is 2.49. The van der Waals surface area contributed by atoms with E-state index in [1.807, 2.05) is 18.3 Å². The molecule has 0 aliphatic carbocycles. The third-order valence-corrected chi connectivity index (χ3v) is 4.87. The predicted molar refractivity (Wildman–Crippen MR) is 91.5 cm³/mol. The van der Waals surface area contributed by atoms with E-state index in [-0.39, 0.29) is 5.56 Å². The second-order valence-electron chi connectivity index (χ2n) is 6.52. The van der Waals surface area contributed by atoms with Gasteiger partial charge in [0.15, 0.2) is 11.5 Å². The van der Waals surface area contributed by atoms with Crippen molar-refractivity contribution in [3.05, 3.63) is 58.0 Å². The Balaban J connectivity index is 1.56. The fraction of sp³-hybridized carbons (Fsp3) is 0.421. The highest BCUT2D eigenvalue weighted by Gasteiger charge is 2.27. The van der Waals surface area contributed by atoms with Crippen LogP contribution >= 0.6 is 0 Å². The van der Waals surface area contributed by atoms with Crippen molar-refractivity contribution in [2.75, 3.05) is 19.8 Å². The van der Waals surface area contributed by atoms with Crippen LogP contribution in [0.1, 0.15) is 30.0 Å². The Labute approximate surface area is 141 Å². The second-order valence-corrected chi connectivity index (χ2v) is 6.52. The summed E-state index contributed by atoms with van der Waals surface area (Å²) in [6.07, 6.45) is 4.14. The Kier molecular flexibility index (Phi) is 4.02. The number of fused-ring (bicyclic) bond motifs is 1. The number of aromatic nitrogens is 1. The maximum Gasteiger partial charge on any atom is 0.250 e. The van der Waals surface area contributed by atoms with E-state index in [0.717, 1.165) is 36.6 Å². The lowest BCUT2D eigenvalue weighted by atomic mass is 10.0. The Morgan fingerprint density at radius 1 is 1.12 bits per heavy atom. The van der Waals surface area contributed by atoms with E-state index in [4.69, 9.17) is 9.47 Å². The summed E-state index contributed by atoms with van der Waals surface area (Å²) < 4.78 is 12.9. The van der Waals surface area contributed by atoms with Crippen LogP contribution < -0.4 is 15.0 Å². The molecule has 0 spiro atoms. The first-order valence-corrected chi connectivity index (χ1v) is 8.50. The number of likely N-dealkylation sites (tertiary alicyclic amines) is 1. The monoisotopic (exact) mass is 326 g/mol. The van der Waals surface area contributed by atoms with Crippen LogP contribution in [0.4, 0.5) is 0 Å². The van der Waals surface area contributed by atoms with Gasteiger partial charge in [0.2, 0.25) is 0 Å². The lowest BCUT2D eigenvalue weighted by Crippen LogP contribution is -2.25. The fourth-order valence-electron chi connectivity index (χ4n) is 3.58. The summed E-state index contributed by atoms with van der Waals surface area (Å²) in [4.78, 5) is 14.3. The summed E-state index contributed by atoms with van der Waals surface area (Å²) in [7, 11) is 1.78. The van der Waals surface area contributed by atoms with Crippen LogP contribution in [-0.2, 0) is 13.6 Å². The molecule has 5 heteroatoms. The average Bonchev–Trinajstić information content (AvgIpc) is 3.06. The number of rotatable bonds is 3. The van der Waals surface area contributed by atoms with E-state index >= 15 is 0 Å². The van der Waals surface area contributed by atoms with Crippen molar-refractivity contribution in [1.82, 2.24) is 9.47 Å². The summed E-state index contributed by atoms with van der Waals surface area (Å²) in [5, 5.41) is 0. The van der Waals surface area contributed by atoms with Crippen LogP contribution in [0.25, 0.3) is 0 Å². The minimum absolute atomic E-state index is 0.0441. The van der Waals surface area contributed by atoms with Crippen molar-refractivity contribution in [1.29, 1.82) is 0 Å². The van der Waals surface area contributed by atoms with Gasteiger partial charge in [-0.1, -0.05) is 6.07 Å². The average molecular weight is 326 g/mol. The first kappa shape index (κ1) is 15.3. The molecular formula is C19H22N2O3. The van der Waals surface area contributed by atoms with Crippen molar-refractivity contribution in [3.63, 3.8) is 0 Å². The Morgan fingerprint density at radius 3 is 2.79 bits per heavy atom. The molecule has 0 bridgehead atoms. The lowest BCUT2D eigenvalue weighted by Gasteiger charge is -2.26. The van der Waals surface area contributed by atoms with Crippen LogP contribution in [0, 0.1) is 0 Å². The van der Waals surface area contributed by atoms with E-state index < -0.39 is 0 Å². The number of nitrogens with zero attached hydrogens (tertiary/aromatic N) is 2. The van der Waals surface area contributed by atoms with Crippen molar-refractivity contribution in [3.8, 4) is 11.5 Å². The molecule has 0 radical (unpaired) electrons. The Morgan fingerprint density at radius 2 is 1.96 bits per heavy atom. The van der Waals surface area contributed by atoms with Crippen molar-refractivity contribution in [2.24, 2.45) is 7.05 Å². The molecule has 0 amide bonds. The van der Waals surface area contributed by atoms with Crippen molar-refractivity contribution < 1.29 is 9.47 Å². The molecule has 3 heterocycles. The smallest absolute Gasteiger partial charge is 0.250 e. The van der Waals surface area contributed by atoms with Crippen LogP contribution in [-0.4, -0.2) is 29.2 Å². The number of aryl methyl sites for hydroxylation is 1. The summed E-state index contributed by atoms with van der Waals surface area (Å²) >= 11 is 0. The highest BCUT2D eigenvalue weighted by Crippen LogP contribution is 2.38. The highest BCUT2D eigenvalue weighted by atomic mass is 16.6. The highest BCUT2D eigenvalue weighted by molar-refractivity contribution is 5.44. The van der Waals surface area contributed by atoms with Gasteiger partial charge in [0.05, 0.1) is 0 Å². The van der Waals surface area contributed by atoms with Gasteiger partial charge in [-0.05, 0) is 48.7 Å². The van der Waals surface area contributed by atoms with Gasteiger partial charge in [-0.15, -0.1) is 0 Å². The van der Waals surface area contributed by atoms with E-state index in [0.29, 0.717) is 19.3 Å². The van der Waals surface area contributed by atoms with E-state index in [1.165, 1.54) is 12.0 Å². The van der Waals surface area contributed by atoms with Crippen molar-refractivity contribution >= 4 is 0 Å². The first-order chi connectivity index (χ1) is 11.7. The second kappa shape index (κ2) is 6.32. The van der Waals surface area contributed by atoms with Gasteiger partial charge in [0.1, 0.15) is 13.2 Å². The van der Waals surface area contributed by atoms with Crippen LogP contribution in [0.15, 0.2) is 41.3 Å². The molecule has 2 aliphatic rings. The van der Waals surface area contributed by atoms with Gasteiger partial charge >= 0.3 is 0 Å². The maximum absolute atomic E-state index is 11.8. The summed E-state index contributed by atoms with van der Waals surface area (Å²) in [5.41, 5.74) is 2.38. The Hall–Kier alpha value is -2.27. The van der Waals surface area contributed by atoms with Crippen LogP contribution in [0.2, 0.25) is 0 Å².